The summed E-state index contributed by atoms with van der Waals surface area (Å²) in [5.74, 6) is 0. The van der Waals surface area contributed by atoms with Crippen LogP contribution in [-0.2, 0) is 34.0 Å². The van der Waals surface area contributed by atoms with Crippen molar-refractivity contribution in [3.63, 3.8) is 0 Å². The van der Waals surface area contributed by atoms with E-state index in [-0.39, 0.29) is 0 Å². The van der Waals surface area contributed by atoms with Crippen LogP contribution in [0, 0.1) is 0 Å². The second-order valence-corrected chi connectivity index (χ2v) is 57.8. The second kappa shape index (κ2) is 11.6. The van der Waals surface area contributed by atoms with E-state index in [1.165, 1.54) is 16.7 Å². The normalized spacial score (nSPS) is 26.0. The Kier molecular flexibility index (Phi) is 11.3. The van der Waals surface area contributed by atoms with Gasteiger partial charge in [0.1, 0.15) is 0 Å². The van der Waals surface area contributed by atoms with E-state index in [0.29, 0.717) is 2.09 Å². The molecule has 14 heteroatoms. The Balaban J connectivity index is 0.000000245. The number of quaternary nitrogens is 2. The van der Waals surface area contributed by atoms with Gasteiger partial charge in [0.15, 0.2) is 0 Å². The predicted octanol–water partition coefficient (Wildman–Crippen LogP) is 7.94. The van der Waals surface area contributed by atoms with Crippen LogP contribution in [0.3, 0.4) is 0 Å². The van der Waals surface area contributed by atoms with Gasteiger partial charge in [0.2, 0.25) is 0 Å². The molecule has 1 aromatic carbocycles. The standard InChI is InChI=1S/C12H18BNSi.C7H16BNSi.6ClH.2Zr/c1-15(2,3)14-10-9-13-12(14)11-7-5-4-6-8-11;1-7-8-5-6-9(7)10(2,3)4;;;;;;;;/h4-8H,9-10H2,1-3H3;5-6H2,1-4H3;6*1H;;/q;;;;;;;;2*+4/p-6. The van der Waals surface area contributed by atoms with Crippen molar-refractivity contribution in [2.24, 2.45) is 0 Å². The maximum absolute atomic E-state index is 6.63. The van der Waals surface area contributed by atoms with Crippen molar-refractivity contribution in [2.45, 2.75) is 58.8 Å². The van der Waals surface area contributed by atoms with Gasteiger partial charge in [-0.25, -0.2) is 0 Å². The van der Waals surface area contributed by atoms with Crippen molar-refractivity contribution in [2.75, 3.05) is 13.1 Å². The SMILES string of the molecule is CC1=BCC[N+]1([Si](C)(C)C)[Zr]([Cl])([Cl])[Cl].C[Si](C)(C)[N+]1([Zr]([Cl])([Cl])[Cl])CCB=C1c1ccccc1. The van der Waals surface area contributed by atoms with Crippen molar-refractivity contribution < 1.29 is 38.1 Å². The van der Waals surface area contributed by atoms with Gasteiger partial charge in [-0.3, -0.25) is 0 Å². The number of benzene rings is 1. The molecule has 0 radical (unpaired) electrons. The molecule has 33 heavy (non-hydrogen) atoms. The zero-order valence-electron chi connectivity index (χ0n) is 20.5. The van der Waals surface area contributed by atoms with Crippen LogP contribution in [0.15, 0.2) is 30.3 Å². The van der Waals surface area contributed by atoms with E-state index in [2.05, 4.69) is 84.3 Å². The van der Waals surface area contributed by atoms with Crippen LogP contribution in [0.4, 0.5) is 0 Å². The molecule has 0 aromatic heterocycles. The van der Waals surface area contributed by atoms with Crippen LogP contribution >= 0.6 is 51.1 Å². The molecular formula is C19H34B2Cl6N2Si2Zr2+2. The van der Waals surface area contributed by atoms with Crippen LogP contribution in [0.2, 0.25) is 51.9 Å². The summed E-state index contributed by atoms with van der Waals surface area (Å²) in [6.45, 7) is 22.5. The topological polar surface area (TPSA) is 0 Å². The molecule has 0 amide bonds. The Morgan fingerprint density at radius 3 is 1.45 bits per heavy atom. The quantitative estimate of drug-likeness (QED) is 0.268. The average Bonchev–Trinajstić information content (AvgIpc) is 3.26. The van der Waals surface area contributed by atoms with Crippen LogP contribution < -0.4 is 0 Å². The fraction of sp³-hybridized carbons (Fsp3) is 0.579. The molecule has 0 N–H and O–H groups in total. The van der Waals surface area contributed by atoms with Crippen molar-refractivity contribution in [1.29, 1.82) is 0 Å². The third-order valence-corrected chi connectivity index (χ3v) is 48.5. The van der Waals surface area contributed by atoms with E-state index in [1.54, 1.807) is 0 Å². The molecule has 0 saturated carbocycles. The summed E-state index contributed by atoms with van der Waals surface area (Å²) >= 11 is -7.22. The molecule has 1 aromatic rings. The Bertz CT molecular complexity index is 882. The van der Waals surface area contributed by atoms with Crippen LogP contribution in [-0.4, -0.2) is 58.8 Å². The van der Waals surface area contributed by atoms with E-state index in [9.17, 15) is 0 Å². The fourth-order valence-electron chi connectivity index (χ4n) is 5.33. The summed E-state index contributed by atoms with van der Waals surface area (Å²) in [5, 5.41) is 0. The summed E-state index contributed by atoms with van der Waals surface area (Å²) in [6, 6.07) is 10.4. The van der Waals surface area contributed by atoms with Gasteiger partial charge in [-0.2, -0.15) is 0 Å². The van der Waals surface area contributed by atoms with E-state index in [4.69, 9.17) is 51.1 Å². The molecule has 0 spiro atoms. The molecule has 2 nitrogen and oxygen atoms in total. The molecule has 0 bridgehead atoms. The van der Waals surface area contributed by atoms with Gasteiger partial charge >= 0.3 is 239 Å². The summed E-state index contributed by atoms with van der Waals surface area (Å²) < 4.78 is 1.49. The van der Waals surface area contributed by atoms with Crippen molar-refractivity contribution in [3.8, 4) is 0 Å². The minimum atomic E-state index is -3.72. The first-order valence-electron chi connectivity index (χ1n) is 11.2. The van der Waals surface area contributed by atoms with E-state index >= 15 is 0 Å². The fourth-order valence-corrected chi connectivity index (χ4v) is 60.0. The molecule has 182 valence electrons. The maximum atomic E-state index is 6.63. The van der Waals surface area contributed by atoms with E-state index in [0.717, 1.165) is 27.8 Å². The number of rotatable bonds is 5. The molecule has 2 aliphatic heterocycles. The van der Waals surface area contributed by atoms with Gasteiger partial charge in [-0.1, -0.05) is 0 Å². The Morgan fingerprint density at radius 2 is 1.12 bits per heavy atom. The van der Waals surface area contributed by atoms with Crippen molar-refractivity contribution >= 4 is 92.6 Å². The molecule has 2 aliphatic rings. The van der Waals surface area contributed by atoms with Gasteiger partial charge in [0, 0.05) is 0 Å². The Morgan fingerprint density at radius 1 is 0.697 bits per heavy atom. The minimum absolute atomic E-state index is 0.705. The molecule has 3 rings (SSSR count). The number of hydrogen-bond donors (Lipinski definition) is 0. The van der Waals surface area contributed by atoms with Gasteiger partial charge in [0.05, 0.1) is 0 Å². The molecule has 0 aliphatic carbocycles. The van der Waals surface area contributed by atoms with Gasteiger partial charge < -0.3 is 0 Å². The first-order chi connectivity index (χ1) is 14.8. The molecule has 2 atom stereocenters. The predicted molar refractivity (Wildman–Crippen MR) is 154 cm³/mol. The van der Waals surface area contributed by atoms with Gasteiger partial charge in [0.25, 0.3) is 0 Å². The Labute approximate surface area is 235 Å². The van der Waals surface area contributed by atoms with Gasteiger partial charge in [-0.05, 0) is 0 Å². The van der Waals surface area contributed by atoms with E-state index < -0.39 is 50.4 Å². The molecule has 2 unspecified atom stereocenters. The van der Waals surface area contributed by atoms with Crippen molar-refractivity contribution in [1.82, 2.24) is 0 Å². The average molecular weight is 763 g/mol. The molecule has 0 fully saturated rings. The summed E-state index contributed by atoms with van der Waals surface area (Å²) in [5.41, 5.74) is 3.78. The zero-order chi connectivity index (χ0) is 25.5. The first-order valence-corrected chi connectivity index (χ1v) is 39.2. The van der Waals surface area contributed by atoms with Crippen LogP contribution in [0.5, 0.6) is 0 Å². The summed E-state index contributed by atoms with van der Waals surface area (Å²) in [7, 11) is 35.9. The van der Waals surface area contributed by atoms with E-state index in [1.807, 2.05) is 6.07 Å². The van der Waals surface area contributed by atoms with Crippen molar-refractivity contribution in [3.05, 3.63) is 35.9 Å². The second-order valence-electron chi connectivity index (χ2n) is 10.7. The number of nitrogens with zero attached hydrogens (tertiary/aromatic N) is 2. The molecule has 0 saturated heterocycles. The van der Waals surface area contributed by atoms with Gasteiger partial charge in [-0.15, -0.1) is 0 Å². The van der Waals surface area contributed by atoms with Crippen LogP contribution in [0.25, 0.3) is 0 Å². The molecular weight excluding hydrogens is 729 g/mol. The Hall–Kier alpha value is 2.95. The molecule has 2 heterocycles. The first kappa shape index (κ1) is 32.2. The van der Waals surface area contributed by atoms with Crippen LogP contribution in [0.1, 0.15) is 12.5 Å². The third kappa shape index (κ3) is 6.41. The summed E-state index contributed by atoms with van der Waals surface area (Å²) in [4.78, 5) is 0. The third-order valence-electron chi connectivity index (χ3n) is 6.95. The number of hydrogen-bond acceptors (Lipinski definition) is 0. The monoisotopic (exact) mass is 758 g/mol. The zero-order valence-corrected chi connectivity index (χ0v) is 32.0. The number of halogens is 6. The summed E-state index contributed by atoms with van der Waals surface area (Å²) in [6.07, 6.45) is 2.08.